The Morgan fingerprint density at radius 3 is 2.41 bits per heavy atom. The molecule has 0 radical (unpaired) electrons. The van der Waals surface area contributed by atoms with Crippen LogP contribution in [0.4, 0.5) is 5.69 Å². The number of hydrogen-bond donors (Lipinski definition) is 0. The van der Waals surface area contributed by atoms with Crippen molar-refractivity contribution in [3.63, 3.8) is 0 Å². The molecule has 0 unspecified atom stereocenters. The standard InChI is InChI=1S/C22H26N4O6S2/c1-4-24(5-2)34(30,31)18-10-7-16(8-11-18)21(27)23-22-25(13-14-32-6-3)19-12-9-17(26(28)29)15-20(19)33-22/h7-12,15H,4-6,13-14H2,1-3H3. The molecule has 0 fully saturated rings. The van der Waals surface area contributed by atoms with Crippen molar-refractivity contribution in [2.24, 2.45) is 4.99 Å². The summed E-state index contributed by atoms with van der Waals surface area (Å²) in [5.74, 6) is -0.544. The second-order valence-corrected chi connectivity index (χ2v) is 10.1. The number of non-ortho nitro benzene ring substituents is 1. The van der Waals surface area contributed by atoms with Gasteiger partial charge in [0, 0.05) is 43.9 Å². The van der Waals surface area contributed by atoms with Crippen LogP contribution in [0.25, 0.3) is 10.2 Å². The van der Waals surface area contributed by atoms with E-state index in [1.54, 1.807) is 24.5 Å². The second-order valence-electron chi connectivity index (χ2n) is 7.17. The van der Waals surface area contributed by atoms with Gasteiger partial charge in [-0.05, 0) is 37.3 Å². The van der Waals surface area contributed by atoms with Crippen LogP contribution in [0.3, 0.4) is 0 Å². The summed E-state index contributed by atoms with van der Waals surface area (Å²) in [4.78, 5) is 28.3. The molecule has 1 amide bonds. The number of amides is 1. The van der Waals surface area contributed by atoms with E-state index in [1.807, 2.05) is 6.92 Å². The van der Waals surface area contributed by atoms with E-state index in [-0.39, 0.29) is 16.1 Å². The number of nitro benzene ring substituents is 1. The fourth-order valence-corrected chi connectivity index (χ4v) is 5.96. The molecular weight excluding hydrogens is 480 g/mol. The lowest BCUT2D eigenvalue weighted by Gasteiger charge is -2.18. The van der Waals surface area contributed by atoms with E-state index in [1.165, 1.54) is 52.0 Å². The molecule has 0 N–H and O–H groups in total. The molecule has 1 aromatic heterocycles. The number of benzene rings is 2. The van der Waals surface area contributed by atoms with Crippen molar-refractivity contribution < 1.29 is 22.9 Å². The number of hydrogen-bond acceptors (Lipinski definition) is 7. The first-order chi connectivity index (χ1) is 16.2. The Hall–Kier alpha value is -2.93. The Kier molecular flexibility index (Phi) is 8.31. The number of nitro groups is 1. The van der Waals surface area contributed by atoms with Crippen molar-refractivity contribution in [1.29, 1.82) is 0 Å². The summed E-state index contributed by atoms with van der Waals surface area (Å²) >= 11 is 1.17. The van der Waals surface area contributed by atoms with E-state index in [2.05, 4.69) is 4.99 Å². The molecular formula is C22H26N4O6S2. The first-order valence-electron chi connectivity index (χ1n) is 10.8. The minimum atomic E-state index is -3.63. The Bertz CT molecular complexity index is 1360. The lowest BCUT2D eigenvalue weighted by Crippen LogP contribution is -2.30. The van der Waals surface area contributed by atoms with Crippen LogP contribution >= 0.6 is 11.3 Å². The normalized spacial score (nSPS) is 12.5. The number of carbonyl (C=O) groups excluding carboxylic acids is 1. The highest BCUT2D eigenvalue weighted by Gasteiger charge is 2.21. The molecule has 0 atom stereocenters. The molecule has 0 saturated carbocycles. The van der Waals surface area contributed by atoms with Crippen LogP contribution in [0.2, 0.25) is 0 Å². The first kappa shape index (κ1) is 25.7. The molecule has 0 saturated heterocycles. The summed E-state index contributed by atoms with van der Waals surface area (Å²) < 4.78 is 34.5. The van der Waals surface area contributed by atoms with Crippen molar-refractivity contribution in [3.8, 4) is 0 Å². The van der Waals surface area contributed by atoms with E-state index >= 15 is 0 Å². The largest absolute Gasteiger partial charge is 0.380 e. The lowest BCUT2D eigenvalue weighted by molar-refractivity contribution is -0.384. The number of fused-ring (bicyclic) bond motifs is 1. The minimum Gasteiger partial charge on any atom is -0.380 e. The van der Waals surface area contributed by atoms with Crippen molar-refractivity contribution in [2.75, 3.05) is 26.3 Å². The Labute approximate surface area is 201 Å². The highest BCUT2D eigenvalue weighted by Crippen LogP contribution is 2.23. The fourth-order valence-electron chi connectivity index (χ4n) is 3.41. The number of nitrogens with zero attached hydrogens (tertiary/aromatic N) is 4. The van der Waals surface area contributed by atoms with Crippen molar-refractivity contribution in [1.82, 2.24) is 8.87 Å². The maximum absolute atomic E-state index is 12.9. The number of rotatable bonds is 10. The summed E-state index contributed by atoms with van der Waals surface area (Å²) in [6.07, 6.45) is 0. The Balaban J connectivity index is 2.00. The summed E-state index contributed by atoms with van der Waals surface area (Å²) in [5, 5.41) is 11.1. The molecule has 2 aromatic carbocycles. The van der Waals surface area contributed by atoms with E-state index in [0.29, 0.717) is 47.9 Å². The van der Waals surface area contributed by atoms with Crippen LogP contribution in [0, 0.1) is 10.1 Å². The second kappa shape index (κ2) is 11.0. The van der Waals surface area contributed by atoms with Crippen molar-refractivity contribution in [3.05, 3.63) is 62.9 Å². The zero-order valence-electron chi connectivity index (χ0n) is 19.1. The molecule has 1 heterocycles. The SMILES string of the molecule is CCOCCn1c(=NC(=O)c2ccc(S(=O)(=O)N(CC)CC)cc2)sc2cc([N+](=O)[O-])ccc21. The van der Waals surface area contributed by atoms with Gasteiger partial charge < -0.3 is 9.30 Å². The van der Waals surface area contributed by atoms with Gasteiger partial charge in [-0.2, -0.15) is 9.30 Å². The predicted octanol–water partition coefficient (Wildman–Crippen LogP) is 3.42. The molecule has 0 aliphatic carbocycles. The molecule has 10 nitrogen and oxygen atoms in total. The molecule has 12 heteroatoms. The highest BCUT2D eigenvalue weighted by atomic mass is 32.2. The van der Waals surface area contributed by atoms with Gasteiger partial charge in [0.05, 0.1) is 26.6 Å². The van der Waals surface area contributed by atoms with Gasteiger partial charge in [0.2, 0.25) is 10.0 Å². The average Bonchev–Trinajstić information content (AvgIpc) is 3.16. The van der Waals surface area contributed by atoms with Gasteiger partial charge in [-0.25, -0.2) is 8.42 Å². The number of thiazole rings is 1. The molecule has 0 aliphatic rings. The van der Waals surface area contributed by atoms with Crippen LogP contribution in [-0.2, 0) is 21.3 Å². The number of ether oxygens (including phenoxy) is 1. The first-order valence-corrected chi connectivity index (χ1v) is 13.0. The van der Waals surface area contributed by atoms with Crippen molar-refractivity contribution >= 4 is 43.2 Å². The van der Waals surface area contributed by atoms with Crippen molar-refractivity contribution in [2.45, 2.75) is 32.2 Å². The average molecular weight is 507 g/mol. The summed E-state index contributed by atoms with van der Waals surface area (Å²) in [7, 11) is -3.63. The van der Waals surface area contributed by atoms with Gasteiger partial charge in [0.15, 0.2) is 4.80 Å². The zero-order valence-corrected chi connectivity index (χ0v) is 20.8. The summed E-state index contributed by atoms with van der Waals surface area (Å²) in [6, 6.07) is 10.2. The van der Waals surface area contributed by atoms with E-state index in [9.17, 15) is 23.3 Å². The molecule has 0 spiro atoms. The monoisotopic (exact) mass is 506 g/mol. The molecule has 0 bridgehead atoms. The van der Waals surface area contributed by atoms with E-state index in [4.69, 9.17) is 4.74 Å². The maximum Gasteiger partial charge on any atom is 0.279 e. The summed E-state index contributed by atoms with van der Waals surface area (Å²) in [6.45, 7) is 7.43. The van der Waals surface area contributed by atoms with Gasteiger partial charge in [-0.1, -0.05) is 25.2 Å². The zero-order chi connectivity index (χ0) is 24.9. The number of carbonyl (C=O) groups is 1. The molecule has 3 aromatic rings. The minimum absolute atomic E-state index is 0.0476. The number of aromatic nitrogens is 1. The lowest BCUT2D eigenvalue weighted by atomic mass is 10.2. The highest BCUT2D eigenvalue weighted by molar-refractivity contribution is 7.89. The molecule has 182 valence electrons. The Morgan fingerprint density at radius 1 is 1.15 bits per heavy atom. The van der Waals surface area contributed by atoms with Gasteiger partial charge in [0.25, 0.3) is 11.6 Å². The van der Waals surface area contributed by atoms with Crippen LogP contribution in [0.1, 0.15) is 31.1 Å². The fraction of sp³-hybridized carbons (Fsp3) is 0.364. The van der Waals surface area contributed by atoms with Gasteiger partial charge in [0.1, 0.15) is 0 Å². The van der Waals surface area contributed by atoms with Crippen LogP contribution in [-0.4, -0.2) is 54.4 Å². The van der Waals surface area contributed by atoms with Gasteiger partial charge in [-0.3, -0.25) is 14.9 Å². The van der Waals surface area contributed by atoms with E-state index < -0.39 is 20.9 Å². The maximum atomic E-state index is 12.9. The van der Waals surface area contributed by atoms with E-state index in [0.717, 1.165) is 0 Å². The third-order valence-corrected chi connectivity index (χ3v) is 8.29. The predicted molar refractivity (Wildman–Crippen MR) is 129 cm³/mol. The topological polar surface area (TPSA) is 124 Å². The number of sulfonamides is 1. The van der Waals surface area contributed by atoms with Crippen LogP contribution in [0.5, 0.6) is 0 Å². The molecule has 3 rings (SSSR count). The quantitative estimate of drug-likeness (QED) is 0.236. The van der Waals surface area contributed by atoms with Gasteiger partial charge >= 0.3 is 0 Å². The third kappa shape index (κ3) is 5.41. The van der Waals surface area contributed by atoms with Gasteiger partial charge in [-0.15, -0.1) is 0 Å². The van der Waals surface area contributed by atoms with Crippen LogP contribution < -0.4 is 4.80 Å². The third-order valence-electron chi connectivity index (χ3n) is 5.18. The molecule has 0 aliphatic heterocycles. The van der Waals surface area contributed by atoms with Crippen LogP contribution in [0.15, 0.2) is 52.4 Å². The summed E-state index contributed by atoms with van der Waals surface area (Å²) in [5.41, 5.74) is 0.898. The smallest absolute Gasteiger partial charge is 0.279 e. The Morgan fingerprint density at radius 2 is 1.82 bits per heavy atom. The molecule has 34 heavy (non-hydrogen) atoms.